The van der Waals surface area contributed by atoms with Gasteiger partial charge in [-0.3, -0.25) is 0 Å². The number of hydrogen-bond donors (Lipinski definition) is 2. The van der Waals surface area contributed by atoms with Crippen LogP contribution in [0.1, 0.15) is 10.4 Å². The molecule has 2 aromatic heterocycles. The summed E-state index contributed by atoms with van der Waals surface area (Å²) in [6.07, 6.45) is 2.74. The maximum atomic E-state index is 5.90. The summed E-state index contributed by atoms with van der Waals surface area (Å²) in [5.74, 6) is 1.40. The van der Waals surface area contributed by atoms with E-state index in [1.54, 1.807) is 17.5 Å². The number of pyridine rings is 1. The molecule has 5 nitrogen and oxygen atoms in total. The average Bonchev–Trinajstić information content (AvgIpc) is 2.98. The Morgan fingerprint density at radius 2 is 2.24 bits per heavy atom. The van der Waals surface area contributed by atoms with Gasteiger partial charge < -0.3 is 16.0 Å². The highest BCUT2D eigenvalue weighted by Gasteiger charge is 2.04. The Morgan fingerprint density at radius 1 is 1.38 bits per heavy atom. The van der Waals surface area contributed by atoms with Crippen LogP contribution >= 0.6 is 11.3 Å². The number of thiophene rings is 1. The van der Waals surface area contributed by atoms with Crippen LogP contribution in [0.15, 0.2) is 40.8 Å². The molecular weight excluding hydrogens is 282 g/mol. The van der Waals surface area contributed by atoms with Crippen molar-refractivity contribution < 1.29 is 0 Å². The van der Waals surface area contributed by atoms with Crippen molar-refractivity contribution in [1.82, 2.24) is 10.3 Å². The van der Waals surface area contributed by atoms with Crippen LogP contribution in [0.4, 0.5) is 5.82 Å². The summed E-state index contributed by atoms with van der Waals surface area (Å²) in [6.45, 7) is 1.32. The van der Waals surface area contributed by atoms with Gasteiger partial charge in [0.1, 0.15) is 5.82 Å². The molecule has 0 saturated heterocycles. The van der Waals surface area contributed by atoms with Crippen molar-refractivity contribution in [3.05, 3.63) is 46.3 Å². The Kier molecular flexibility index (Phi) is 5.57. The van der Waals surface area contributed by atoms with Crippen LogP contribution in [0.3, 0.4) is 0 Å². The monoisotopic (exact) mass is 303 g/mol. The number of nitrogens with zero attached hydrogens (tertiary/aromatic N) is 3. The summed E-state index contributed by atoms with van der Waals surface area (Å²) >= 11 is 1.76. The number of nitrogens with one attached hydrogen (secondary N) is 1. The van der Waals surface area contributed by atoms with Gasteiger partial charge in [-0.2, -0.15) is 0 Å². The van der Waals surface area contributed by atoms with E-state index in [-0.39, 0.29) is 0 Å². The highest BCUT2D eigenvalue weighted by atomic mass is 32.1. The number of anilines is 1. The normalized spacial score (nSPS) is 11.4. The van der Waals surface area contributed by atoms with Crippen molar-refractivity contribution in [2.45, 2.75) is 13.0 Å². The van der Waals surface area contributed by atoms with Crippen LogP contribution in [0, 0.1) is 0 Å². The summed E-state index contributed by atoms with van der Waals surface area (Å²) in [6, 6.07) is 8.12. The maximum absolute atomic E-state index is 5.90. The predicted octanol–water partition coefficient (Wildman–Crippen LogP) is 1.86. The fourth-order valence-corrected chi connectivity index (χ4v) is 2.66. The zero-order chi connectivity index (χ0) is 15.1. The van der Waals surface area contributed by atoms with Crippen LogP contribution in [0.2, 0.25) is 0 Å². The van der Waals surface area contributed by atoms with E-state index >= 15 is 0 Å². The first-order valence-electron chi connectivity index (χ1n) is 6.84. The minimum absolute atomic E-state index is 0.472. The Balaban J connectivity index is 1.85. The first kappa shape index (κ1) is 15.3. The molecule has 2 heterocycles. The second kappa shape index (κ2) is 7.64. The van der Waals surface area contributed by atoms with E-state index in [0.29, 0.717) is 12.5 Å². The van der Waals surface area contributed by atoms with Crippen molar-refractivity contribution in [2.24, 2.45) is 10.7 Å². The van der Waals surface area contributed by atoms with Crippen molar-refractivity contribution >= 4 is 23.1 Å². The lowest BCUT2D eigenvalue weighted by Crippen LogP contribution is -2.33. The molecule has 0 unspecified atom stereocenters. The molecule has 6 heteroatoms. The van der Waals surface area contributed by atoms with E-state index in [4.69, 9.17) is 5.73 Å². The summed E-state index contributed by atoms with van der Waals surface area (Å²) < 4.78 is 0. The van der Waals surface area contributed by atoms with E-state index in [9.17, 15) is 0 Å². The minimum atomic E-state index is 0.472. The maximum Gasteiger partial charge on any atom is 0.188 e. The lowest BCUT2D eigenvalue weighted by atomic mass is 10.2. The van der Waals surface area contributed by atoms with Gasteiger partial charge in [-0.1, -0.05) is 12.1 Å². The third-order valence-electron chi connectivity index (χ3n) is 2.97. The molecule has 0 saturated carbocycles. The van der Waals surface area contributed by atoms with Crippen LogP contribution in [0.5, 0.6) is 0 Å². The average molecular weight is 303 g/mol. The summed E-state index contributed by atoms with van der Waals surface area (Å²) in [7, 11) is 3.94. The highest BCUT2D eigenvalue weighted by Crippen LogP contribution is 2.15. The molecule has 2 aromatic rings. The molecule has 0 aliphatic carbocycles. The van der Waals surface area contributed by atoms with Gasteiger partial charge in [-0.15, -0.1) is 11.3 Å². The predicted molar refractivity (Wildman–Crippen MR) is 89.9 cm³/mol. The summed E-state index contributed by atoms with van der Waals surface area (Å²) in [5, 5.41) is 5.22. The molecule has 3 N–H and O–H groups in total. The fourth-order valence-electron chi connectivity index (χ4n) is 1.95. The largest absolute Gasteiger partial charge is 0.370 e. The molecule has 0 aliphatic rings. The fraction of sp³-hybridized carbons (Fsp3) is 0.333. The smallest absolute Gasteiger partial charge is 0.188 e. The SMILES string of the molecule is CN(C)c1ncccc1CN=C(N)NCCc1cccs1. The Morgan fingerprint density at radius 3 is 2.95 bits per heavy atom. The van der Waals surface area contributed by atoms with E-state index in [0.717, 1.165) is 24.3 Å². The quantitative estimate of drug-likeness (QED) is 0.631. The number of nitrogens with two attached hydrogens (primary N) is 1. The first-order valence-corrected chi connectivity index (χ1v) is 7.72. The lowest BCUT2D eigenvalue weighted by Gasteiger charge is -2.14. The van der Waals surface area contributed by atoms with Gasteiger partial charge in [0, 0.05) is 37.3 Å². The molecule has 0 spiro atoms. The molecule has 0 amide bonds. The van der Waals surface area contributed by atoms with Gasteiger partial charge in [0.25, 0.3) is 0 Å². The van der Waals surface area contributed by atoms with Gasteiger partial charge in [0.2, 0.25) is 0 Å². The van der Waals surface area contributed by atoms with Crippen LogP contribution in [0.25, 0.3) is 0 Å². The first-order chi connectivity index (χ1) is 10.2. The van der Waals surface area contributed by atoms with Crippen LogP contribution in [-0.4, -0.2) is 31.6 Å². The number of rotatable bonds is 6. The molecule has 2 rings (SSSR count). The van der Waals surface area contributed by atoms with Gasteiger partial charge >= 0.3 is 0 Å². The van der Waals surface area contributed by atoms with Crippen LogP contribution in [-0.2, 0) is 13.0 Å². The molecule has 21 heavy (non-hydrogen) atoms. The van der Waals surface area contributed by atoms with Gasteiger partial charge in [-0.05, 0) is 23.9 Å². The minimum Gasteiger partial charge on any atom is -0.370 e. The topological polar surface area (TPSA) is 66.5 Å². The summed E-state index contributed by atoms with van der Waals surface area (Å²) in [5.41, 5.74) is 6.96. The lowest BCUT2D eigenvalue weighted by molar-refractivity contribution is 0.855. The Hall–Kier alpha value is -2.08. The van der Waals surface area contributed by atoms with Crippen molar-refractivity contribution in [3.63, 3.8) is 0 Å². The van der Waals surface area contributed by atoms with Gasteiger partial charge in [0.05, 0.1) is 6.54 Å². The van der Waals surface area contributed by atoms with Crippen LogP contribution < -0.4 is 16.0 Å². The van der Waals surface area contributed by atoms with E-state index in [1.807, 2.05) is 31.1 Å². The van der Waals surface area contributed by atoms with Gasteiger partial charge in [-0.25, -0.2) is 9.98 Å². The Labute approximate surface area is 129 Å². The third-order valence-corrected chi connectivity index (χ3v) is 3.90. The number of aromatic nitrogens is 1. The third kappa shape index (κ3) is 4.75. The van der Waals surface area contributed by atoms with Crippen molar-refractivity contribution in [2.75, 3.05) is 25.5 Å². The van der Waals surface area contributed by atoms with Gasteiger partial charge in [0.15, 0.2) is 5.96 Å². The standard InChI is InChI=1S/C15H21N5S/c1-20(2)14-12(5-3-8-17-14)11-19-15(16)18-9-7-13-6-4-10-21-13/h3-6,8,10H,7,9,11H2,1-2H3,(H3,16,18,19). The number of aliphatic imine (C=N–C) groups is 1. The zero-order valence-electron chi connectivity index (χ0n) is 12.4. The molecular formula is C15H21N5S. The van der Waals surface area contributed by atoms with Crippen molar-refractivity contribution in [3.8, 4) is 0 Å². The molecule has 112 valence electrons. The second-order valence-electron chi connectivity index (χ2n) is 4.84. The Bertz CT molecular complexity index is 578. The molecule has 0 aromatic carbocycles. The molecule has 0 bridgehead atoms. The molecule has 0 radical (unpaired) electrons. The van der Waals surface area contributed by atoms with E-state index in [2.05, 4.69) is 32.8 Å². The van der Waals surface area contributed by atoms with E-state index in [1.165, 1.54) is 4.88 Å². The molecule has 0 atom stereocenters. The number of guanidine groups is 1. The summed E-state index contributed by atoms with van der Waals surface area (Å²) in [4.78, 5) is 12.0. The highest BCUT2D eigenvalue weighted by molar-refractivity contribution is 7.09. The second-order valence-corrected chi connectivity index (χ2v) is 5.87. The molecule has 0 fully saturated rings. The van der Waals surface area contributed by atoms with E-state index < -0.39 is 0 Å². The molecule has 0 aliphatic heterocycles. The zero-order valence-corrected chi connectivity index (χ0v) is 13.2. The van der Waals surface area contributed by atoms with Crippen molar-refractivity contribution in [1.29, 1.82) is 0 Å². The number of hydrogen-bond acceptors (Lipinski definition) is 4.